The van der Waals surface area contributed by atoms with Crippen molar-refractivity contribution in [2.24, 2.45) is 0 Å². The van der Waals surface area contributed by atoms with Crippen molar-refractivity contribution in [3.63, 3.8) is 0 Å². The molecule has 0 aromatic carbocycles. The first-order valence-electron chi connectivity index (χ1n) is 6.28. The molecule has 1 amide bonds. The Bertz CT molecular complexity index is 646. The maximum absolute atomic E-state index is 12.0. The lowest BCUT2D eigenvalue weighted by atomic mass is 9.92. The standard InChI is InChI=1S/C14H14N2O2S/c17-13-6-3-9-8-10(4-5-11(9)16-13)15-14(18)12-2-1-7-19-12/h1-3,6-7,10H,4-5,8H2,(H,15,18)(H,16,17). The van der Waals surface area contributed by atoms with Crippen molar-refractivity contribution in [1.29, 1.82) is 0 Å². The second-order valence-corrected chi connectivity index (χ2v) is 5.66. The number of fused-ring (bicyclic) bond motifs is 1. The van der Waals surface area contributed by atoms with Crippen LogP contribution in [-0.2, 0) is 12.8 Å². The predicted octanol–water partition coefficient (Wildman–Crippen LogP) is 1.72. The van der Waals surface area contributed by atoms with Crippen molar-refractivity contribution < 1.29 is 4.79 Å². The summed E-state index contributed by atoms with van der Waals surface area (Å²) in [5, 5.41) is 4.95. The highest BCUT2D eigenvalue weighted by Gasteiger charge is 2.21. The van der Waals surface area contributed by atoms with Gasteiger partial charge in [-0.3, -0.25) is 9.59 Å². The van der Waals surface area contributed by atoms with Gasteiger partial charge in [-0.2, -0.15) is 0 Å². The van der Waals surface area contributed by atoms with Gasteiger partial charge >= 0.3 is 0 Å². The Labute approximate surface area is 114 Å². The van der Waals surface area contributed by atoms with E-state index >= 15 is 0 Å². The maximum atomic E-state index is 12.0. The summed E-state index contributed by atoms with van der Waals surface area (Å²) in [4.78, 5) is 26.8. The van der Waals surface area contributed by atoms with Crippen molar-refractivity contribution in [2.45, 2.75) is 25.3 Å². The summed E-state index contributed by atoms with van der Waals surface area (Å²) in [6, 6.07) is 7.25. The molecule has 0 spiro atoms. The fourth-order valence-electron chi connectivity index (χ4n) is 2.44. The van der Waals surface area contributed by atoms with Crippen molar-refractivity contribution in [2.75, 3.05) is 0 Å². The maximum Gasteiger partial charge on any atom is 0.261 e. The number of aromatic nitrogens is 1. The molecule has 0 radical (unpaired) electrons. The van der Waals surface area contributed by atoms with Crippen molar-refractivity contribution in [3.05, 3.63) is 56.1 Å². The van der Waals surface area contributed by atoms with E-state index < -0.39 is 0 Å². The molecule has 0 saturated carbocycles. The number of carbonyl (C=O) groups excluding carboxylic acids is 1. The van der Waals surface area contributed by atoms with Crippen LogP contribution in [0.3, 0.4) is 0 Å². The van der Waals surface area contributed by atoms with E-state index in [1.54, 1.807) is 6.07 Å². The first-order valence-corrected chi connectivity index (χ1v) is 7.16. The van der Waals surface area contributed by atoms with Crippen LogP contribution in [0.4, 0.5) is 0 Å². The van der Waals surface area contributed by atoms with Gasteiger partial charge in [0.2, 0.25) is 5.56 Å². The molecule has 19 heavy (non-hydrogen) atoms. The summed E-state index contributed by atoms with van der Waals surface area (Å²) >= 11 is 1.45. The number of rotatable bonds is 2. The molecule has 2 N–H and O–H groups in total. The molecule has 0 fully saturated rings. The third-order valence-corrected chi connectivity index (χ3v) is 4.26. The number of thiophene rings is 1. The van der Waals surface area contributed by atoms with E-state index in [0.29, 0.717) is 0 Å². The number of pyridine rings is 1. The van der Waals surface area contributed by atoms with Crippen LogP contribution in [0.25, 0.3) is 0 Å². The van der Waals surface area contributed by atoms with E-state index in [1.807, 2.05) is 23.6 Å². The fourth-order valence-corrected chi connectivity index (χ4v) is 3.06. The van der Waals surface area contributed by atoms with Crippen LogP contribution in [0.2, 0.25) is 0 Å². The molecule has 0 aliphatic heterocycles. The van der Waals surface area contributed by atoms with Crippen LogP contribution in [0.5, 0.6) is 0 Å². The highest BCUT2D eigenvalue weighted by atomic mass is 32.1. The zero-order valence-corrected chi connectivity index (χ0v) is 11.1. The van der Waals surface area contributed by atoms with Gasteiger partial charge in [0.1, 0.15) is 0 Å². The summed E-state index contributed by atoms with van der Waals surface area (Å²) in [5.41, 5.74) is 2.08. The molecule has 0 saturated heterocycles. The molecular weight excluding hydrogens is 260 g/mol. The quantitative estimate of drug-likeness (QED) is 0.876. The molecule has 2 aromatic rings. The largest absolute Gasteiger partial charge is 0.348 e. The molecule has 0 bridgehead atoms. The van der Waals surface area contributed by atoms with Gasteiger partial charge in [-0.25, -0.2) is 0 Å². The van der Waals surface area contributed by atoms with Gasteiger partial charge in [0.15, 0.2) is 0 Å². The fraction of sp³-hybridized carbons (Fsp3) is 0.286. The summed E-state index contributed by atoms with van der Waals surface area (Å²) in [6.45, 7) is 0. The number of aryl methyl sites for hydroxylation is 1. The average molecular weight is 274 g/mol. The highest BCUT2D eigenvalue weighted by molar-refractivity contribution is 7.12. The zero-order valence-electron chi connectivity index (χ0n) is 10.3. The number of nitrogens with one attached hydrogen (secondary N) is 2. The van der Waals surface area contributed by atoms with Gasteiger partial charge in [0.25, 0.3) is 5.91 Å². The molecule has 1 unspecified atom stereocenters. The summed E-state index contributed by atoms with van der Waals surface area (Å²) in [5.74, 6) is -0.00660. The Morgan fingerprint density at radius 3 is 3.05 bits per heavy atom. The first kappa shape index (κ1) is 12.2. The molecule has 1 aliphatic carbocycles. The number of carbonyl (C=O) groups is 1. The molecule has 5 heteroatoms. The molecular formula is C14H14N2O2S. The Morgan fingerprint density at radius 1 is 1.37 bits per heavy atom. The molecule has 2 heterocycles. The topological polar surface area (TPSA) is 62.0 Å². The van der Waals surface area contributed by atoms with Crippen LogP contribution in [0, 0.1) is 0 Å². The second kappa shape index (κ2) is 5.01. The number of amides is 1. The van der Waals surface area contributed by atoms with E-state index in [1.165, 1.54) is 11.3 Å². The monoisotopic (exact) mass is 274 g/mol. The lowest BCUT2D eigenvalue weighted by Crippen LogP contribution is -2.39. The van der Waals surface area contributed by atoms with Gasteiger partial charge in [0.05, 0.1) is 4.88 Å². The molecule has 4 nitrogen and oxygen atoms in total. The summed E-state index contributed by atoms with van der Waals surface area (Å²) < 4.78 is 0. The van der Waals surface area contributed by atoms with E-state index in [-0.39, 0.29) is 17.5 Å². The highest BCUT2D eigenvalue weighted by Crippen LogP contribution is 2.19. The Morgan fingerprint density at radius 2 is 2.26 bits per heavy atom. The lowest BCUT2D eigenvalue weighted by molar-refractivity contribution is 0.0937. The van der Waals surface area contributed by atoms with E-state index in [9.17, 15) is 9.59 Å². The normalized spacial score (nSPS) is 17.8. The number of H-pyrrole nitrogens is 1. The van der Waals surface area contributed by atoms with Crippen LogP contribution < -0.4 is 10.9 Å². The van der Waals surface area contributed by atoms with Gasteiger partial charge in [-0.1, -0.05) is 12.1 Å². The van der Waals surface area contributed by atoms with Gasteiger partial charge in [0, 0.05) is 17.8 Å². The number of hydrogen-bond donors (Lipinski definition) is 2. The van der Waals surface area contributed by atoms with E-state index in [0.717, 1.165) is 35.4 Å². The van der Waals surface area contributed by atoms with E-state index in [4.69, 9.17) is 0 Å². The third-order valence-electron chi connectivity index (χ3n) is 3.39. The minimum atomic E-state index is -0.0557. The molecule has 1 aliphatic rings. The average Bonchev–Trinajstić information content (AvgIpc) is 2.93. The lowest BCUT2D eigenvalue weighted by Gasteiger charge is -2.24. The molecule has 98 valence electrons. The number of aromatic amines is 1. The molecule has 1 atom stereocenters. The van der Waals surface area contributed by atoms with Gasteiger partial charge in [-0.15, -0.1) is 11.3 Å². The van der Waals surface area contributed by atoms with Crippen LogP contribution >= 0.6 is 11.3 Å². The van der Waals surface area contributed by atoms with Crippen LogP contribution in [0.15, 0.2) is 34.4 Å². The predicted molar refractivity (Wildman–Crippen MR) is 74.7 cm³/mol. The number of hydrogen-bond acceptors (Lipinski definition) is 3. The zero-order chi connectivity index (χ0) is 13.2. The Hall–Kier alpha value is -1.88. The summed E-state index contributed by atoms with van der Waals surface area (Å²) in [7, 11) is 0. The first-order chi connectivity index (χ1) is 9.22. The van der Waals surface area contributed by atoms with Crippen LogP contribution in [-0.4, -0.2) is 16.9 Å². The smallest absolute Gasteiger partial charge is 0.261 e. The van der Waals surface area contributed by atoms with Crippen LogP contribution in [0.1, 0.15) is 27.3 Å². The second-order valence-electron chi connectivity index (χ2n) is 4.72. The van der Waals surface area contributed by atoms with Gasteiger partial charge in [-0.05, 0) is 36.3 Å². The SMILES string of the molecule is O=C(NC1CCc2[nH]c(=O)ccc2C1)c1cccs1. The Kier molecular flexibility index (Phi) is 3.21. The molecule has 3 rings (SSSR count). The van der Waals surface area contributed by atoms with Crippen molar-refractivity contribution in [3.8, 4) is 0 Å². The Balaban J connectivity index is 1.71. The minimum absolute atomic E-state index is 0.00660. The van der Waals surface area contributed by atoms with E-state index in [2.05, 4.69) is 10.3 Å². The summed E-state index contributed by atoms with van der Waals surface area (Å²) in [6.07, 6.45) is 2.45. The van der Waals surface area contributed by atoms with Gasteiger partial charge < -0.3 is 10.3 Å². The third kappa shape index (κ3) is 2.61. The van der Waals surface area contributed by atoms with Crippen molar-refractivity contribution >= 4 is 17.2 Å². The molecule has 2 aromatic heterocycles. The van der Waals surface area contributed by atoms with Crippen molar-refractivity contribution in [1.82, 2.24) is 10.3 Å². The minimum Gasteiger partial charge on any atom is -0.348 e.